The van der Waals surface area contributed by atoms with E-state index in [9.17, 15) is 4.39 Å². The molecule has 0 fully saturated rings. The zero-order chi connectivity index (χ0) is 14.7. The van der Waals surface area contributed by atoms with Crippen molar-refractivity contribution in [2.45, 2.75) is 40.2 Å². The molecule has 20 heavy (non-hydrogen) atoms. The molecule has 1 N–H and O–H groups in total. The largest absolute Gasteiger partial charge is 0.306 e. The summed E-state index contributed by atoms with van der Waals surface area (Å²) in [6, 6.07) is 7.89. The number of benzene rings is 1. The molecule has 1 unspecified atom stereocenters. The molecule has 0 saturated carbocycles. The molecule has 3 heteroatoms. The van der Waals surface area contributed by atoms with E-state index in [0.29, 0.717) is 0 Å². The van der Waals surface area contributed by atoms with Gasteiger partial charge in [-0.3, -0.25) is 0 Å². The quantitative estimate of drug-likeness (QED) is 0.837. The number of hydrogen-bond acceptors (Lipinski definition) is 2. The molecule has 0 saturated heterocycles. The molecule has 1 aromatic carbocycles. The maximum absolute atomic E-state index is 14.4. The van der Waals surface area contributed by atoms with Gasteiger partial charge in [0, 0.05) is 15.3 Å². The van der Waals surface area contributed by atoms with Crippen LogP contribution >= 0.6 is 11.3 Å². The average molecular weight is 291 g/mol. The SMILES string of the molecule is CCNC(c1ccc(CC)s1)c1c(C)cc(C)cc1F. The topological polar surface area (TPSA) is 12.0 Å². The molecule has 1 nitrogen and oxygen atoms in total. The molecule has 0 aliphatic rings. The summed E-state index contributed by atoms with van der Waals surface area (Å²) in [4.78, 5) is 2.53. The van der Waals surface area contributed by atoms with Crippen molar-refractivity contribution >= 4 is 11.3 Å². The lowest BCUT2D eigenvalue weighted by molar-refractivity contribution is 0.559. The van der Waals surface area contributed by atoms with Gasteiger partial charge in [-0.1, -0.05) is 19.9 Å². The second-order valence-corrected chi connectivity index (χ2v) is 6.33. The summed E-state index contributed by atoms with van der Waals surface area (Å²) in [6.07, 6.45) is 1.03. The Labute approximate surface area is 124 Å². The first kappa shape index (κ1) is 15.2. The minimum atomic E-state index is -0.111. The number of nitrogens with one attached hydrogen (secondary N) is 1. The normalized spacial score (nSPS) is 12.7. The second-order valence-electron chi connectivity index (χ2n) is 5.13. The van der Waals surface area contributed by atoms with Crippen LogP contribution in [0.25, 0.3) is 0 Å². The highest BCUT2D eigenvalue weighted by Gasteiger charge is 2.21. The number of rotatable bonds is 5. The molecule has 0 aliphatic carbocycles. The summed E-state index contributed by atoms with van der Waals surface area (Å²) in [5.74, 6) is -0.111. The highest BCUT2D eigenvalue weighted by molar-refractivity contribution is 7.12. The lowest BCUT2D eigenvalue weighted by atomic mass is 9.97. The highest BCUT2D eigenvalue weighted by atomic mass is 32.1. The fourth-order valence-corrected chi connectivity index (χ4v) is 3.62. The van der Waals surface area contributed by atoms with Gasteiger partial charge in [0.25, 0.3) is 0 Å². The van der Waals surface area contributed by atoms with Gasteiger partial charge in [-0.15, -0.1) is 11.3 Å². The van der Waals surface area contributed by atoms with Gasteiger partial charge in [0.15, 0.2) is 0 Å². The van der Waals surface area contributed by atoms with Crippen LogP contribution in [-0.4, -0.2) is 6.54 Å². The number of aryl methyl sites for hydroxylation is 3. The van der Waals surface area contributed by atoms with Crippen LogP contribution in [0, 0.1) is 19.7 Å². The van der Waals surface area contributed by atoms with Crippen molar-refractivity contribution in [3.05, 3.63) is 56.5 Å². The van der Waals surface area contributed by atoms with Gasteiger partial charge in [0.05, 0.1) is 6.04 Å². The number of hydrogen-bond donors (Lipinski definition) is 1. The minimum absolute atomic E-state index is 0.0501. The number of thiophene rings is 1. The molecule has 0 spiro atoms. The molecule has 108 valence electrons. The first-order valence-corrected chi connectivity index (χ1v) is 7.97. The third kappa shape index (κ3) is 3.10. The molecule has 1 heterocycles. The van der Waals surface area contributed by atoms with Crippen LogP contribution in [0.3, 0.4) is 0 Å². The van der Waals surface area contributed by atoms with Crippen molar-refractivity contribution in [2.24, 2.45) is 0 Å². The van der Waals surface area contributed by atoms with E-state index in [1.807, 2.05) is 13.8 Å². The number of halogens is 1. The summed E-state index contributed by atoms with van der Waals surface area (Å²) < 4.78 is 14.4. The molecule has 2 rings (SSSR count). The van der Waals surface area contributed by atoms with Gasteiger partial charge in [0.2, 0.25) is 0 Å². The molecule has 1 aromatic heterocycles. The fourth-order valence-electron chi connectivity index (χ4n) is 2.58. The van der Waals surface area contributed by atoms with E-state index >= 15 is 0 Å². The molecule has 2 aromatic rings. The average Bonchev–Trinajstić information content (AvgIpc) is 2.85. The van der Waals surface area contributed by atoms with Crippen LogP contribution in [0.2, 0.25) is 0 Å². The summed E-state index contributed by atoms with van der Waals surface area (Å²) in [6.45, 7) is 8.95. The Kier molecular flexibility index (Phi) is 4.95. The maximum Gasteiger partial charge on any atom is 0.128 e. The molecule has 0 aliphatic heterocycles. The van der Waals surface area contributed by atoms with Crippen molar-refractivity contribution < 1.29 is 4.39 Å². The predicted molar refractivity (Wildman–Crippen MR) is 85.1 cm³/mol. The first-order valence-electron chi connectivity index (χ1n) is 7.15. The lowest BCUT2D eigenvalue weighted by Crippen LogP contribution is -2.23. The van der Waals surface area contributed by atoms with Crippen LogP contribution in [-0.2, 0) is 6.42 Å². The van der Waals surface area contributed by atoms with Gasteiger partial charge >= 0.3 is 0 Å². The lowest BCUT2D eigenvalue weighted by Gasteiger charge is -2.20. The first-order chi connectivity index (χ1) is 9.56. The van der Waals surface area contributed by atoms with Crippen molar-refractivity contribution in [1.29, 1.82) is 0 Å². The van der Waals surface area contributed by atoms with E-state index in [1.165, 1.54) is 9.75 Å². The minimum Gasteiger partial charge on any atom is -0.306 e. The Bertz CT molecular complexity index is 565. The molecule has 0 bridgehead atoms. The Balaban J connectivity index is 2.48. The molecular weight excluding hydrogens is 269 g/mol. The Morgan fingerprint density at radius 1 is 1.20 bits per heavy atom. The van der Waals surface area contributed by atoms with E-state index in [1.54, 1.807) is 17.4 Å². The Hall–Kier alpha value is -1.19. The van der Waals surface area contributed by atoms with Gasteiger partial charge in [-0.25, -0.2) is 4.39 Å². The second kappa shape index (κ2) is 6.51. The summed E-state index contributed by atoms with van der Waals surface area (Å²) in [7, 11) is 0. The zero-order valence-electron chi connectivity index (χ0n) is 12.6. The molecule has 0 amide bonds. The maximum atomic E-state index is 14.4. The van der Waals surface area contributed by atoms with E-state index in [4.69, 9.17) is 0 Å². The smallest absolute Gasteiger partial charge is 0.128 e. The third-order valence-electron chi connectivity index (χ3n) is 3.49. The molecule has 1 atom stereocenters. The van der Waals surface area contributed by atoms with Crippen LogP contribution in [0.5, 0.6) is 0 Å². The monoisotopic (exact) mass is 291 g/mol. The summed E-state index contributed by atoms with van der Waals surface area (Å²) in [5.41, 5.74) is 2.77. The van der Waals surface area contributed by atoms with Crippen molar-refractivity contribution in [1.82, 2.24) is 5.32 Å². The van der Waals surface area contributed by atoms with Crippen molar-refractivity contribution in [3.63, 3.8) is 0 Å². The summed E-state index contributed by atoms with van der Waals surface area (Å²) in [5, 5.41) is 3.42. The predicted octanol–water partition coefficient (Wildman–Crippen LogP) is 4.77. The van der Waals surface area contributed by atoms with E-state index in [-0.39, 0.29) is 11.9 Å². The van der Waals surface area contributed by atoms with Gasteiger partial charge in [0.1, 0.15) is 5.82 Å². The van der Waals surface area contributed by atoms with Crippen LogP contribution in [0.15, 0.2) is 24.3 Å². The van der Waals surface area contributed by atoms with Crippen LogP contribution in [0.1, 0.15) is 46.3 Å². The molecular formula is C17H22FNS. The Morgan fingerprint density at radius 2 is 1.95 bits per heavy atom. The van der Waals surface area contributed by atoms with E-state index in [2.05, 4.69) is 37.4 Å². The Morgan fingerprint density at radius 3 is 2.50 bits per heavy atom. The van der Waals surface area contributed by atoms with E-state index in [0.717, 1.165) is 29.7 Å². The van der Waals surface area contributed by atoms with E-state index < -0.39 is 0 Å². The third-order valence-corrected chi connectivity index (χ3v) is 4.79. The van der Waals surface area contributed by atoms with Crippen molar-refractivity contribution in [2.75, 3.05) is 6.54 Å². The van der Waals surface area contributed by atoms with Gasteiger partial charge in [-0.05, 0) is 56.1 Å². The van der Waals surface area contributed by atoms with Crippen molar-refractivity contribution in [3.8, 4) is 0 Å². The van der Waals surface area contributed by atoms with Crippen LogP contribution < -0.4 is 5.32 Å². The van der Waals surface area contributed by atoms with Crippen LogP contribution in [0.4, 0.5) is 4.39 Å². The zero-order valence-corrected chi connectivity index (χ0v) is 13.4. The standard InChI is InChI=1S/C17H22FNS/c1-5-13-7-8-15(20-13)17(19-6-2)16-12(4)9-11(3)10-14(16)18/h7-10,17,19H,5-6H2,1-4H3. The molecule has 0 radical (unpaired) electrons. The fraction of sp³-hybridized carbons (Fsp3) is 0.412. The van der Waals surface area contributed by atoms with Gasteiger partial charge in [-0.2, -0.15) is 0 Å². The van der Waals surface area contributed by atoms with Gasteiger partial charge < -0.3 is 5.32 Å². The summed E-state index contributed by atoms with van der Waals surface area (Å²) >= 11 is 1.77. The highest BCUT2D eigenvalue weighted by Crippen LogP contribution is 2.32.